The molecule has 7 nitrogen and oxygen atoms in total. The summed E-state index contributed by atoms with van der Waals surface area (Å²) < 4.78 is 16.4. The van der Waals surface area contributed by atoms with Gasteiger partial charge in [-0.15, -0.1) is 0 Å². The van der Waals surface area contributed by atoms with Crippen LogP contribution in [0.15, 0.2) is 36.4 Å². The molecule has 7 heteroatoms. The zero-order valence-electron chi connectivity index (χ0n) is 19.1. The van der Waals surface area contributed by atoms with Crippen LogP contribution in [-0.2, 0) is 13.0 Å². The van der Waals surface area contributed by atoms with Gasteiger partial charge >= 0.3 is 6.03 Å². The number of quaternary nitrogens is 1. The molecule has 0 saturated carbocycles. The molecule has 0 aliphatic carbocycles. The van der Waals surface area contributed by atoms with E-state index in [4.69, 9.17) is 14.2 Å². The van der Waals surface area contributed by atoms with Crippen LogP contribution in [0.4, 0.5) is 4.79 Å². The fourth-order valence-electron chi connectivity index (χ4n) is 4.44. The number of nitrogens with one attached hydrogen (secondary N) is 3. The standard InChI is InChI=1S/C24H33N3O4/c1-6-25-24(28)26-16(2)23-20-14-22(31-5)21(30-4)13-18(20)11-12-27(23)15-17-7-9-19(29-3)10-8-17/h7-10,13-14,16,23H,6,11-12,15H2,1-5H3,(H2,25,26,28)/p+1/t16-,23+/m0/s1. The molecular formula is C24H34N3O4+. The van der Waals surface area contributed by atoms with Gasteiger partial charge < -0.3 is 29.7 Å². The van der Waals surface area contributed by atoms with Crippen molar-refractivity contribution in [1.82, 2.24) is 10.6 Å². The Morgan fingerprint density at radius 2 is 1.77 bits per heavy atom. The number of amides is 2. The number of ether oxygens (including phenoxy) is 3. The third-order valence-electron chi connectivity index (χ3n) is 5.92. The van der Waals surface area contributed by atoms with Crippen LogP contribution in [0.2, 0.25) is 0 Å². The molecule has 1 aliphatic rings. The van der Waals surface area contributed by atoms with E-state index in [1.54, 1.807) is 21.3 Å². The summed E-state index contributed by atoms with van der Waals surface area (Å²) >= 11 is 0. The summed E-state index contributed by atoms with van der Waals surface area (Å²) in [5.41, 5.74) is 3.66. The van der Waals surface area contributed by atoms with Crippen molar-refractivity contribution in [2.24, 2.45) is 0 Å². The second kappa shape index (κ2) is 10.4. The molecule has 3 atom stereocenters. The molecule has 0 spiro atoms. The van der Waals surface area contributed by atoms with Crippen molar-refractivity contribution in [2.75, 3.05) is 34.4 Å². The maximum atomic E-state index is 12.3. The van der Waals surface area contributed by atoms with Crippen molar-refractivity contribution in [3.63, 3.8) is 0 Å². The van der Waals surface area contributed by atoms with Crippen molar-refractivity contribution in [3.8, 4) is 17.2 Å². The Hall–Kier alpha value is -2.93. The van der Waals surface area contributed by atoms with Crippen LogP contribution in [0.1, 0.15) is 36.6 Å². The summed E-state index contributed by atoms with van der Waals surface area (Å²) in [7, 11) is 4.99. The van der Waals surface area contributed by atoms with Crippen LogP contribution < -0.4 is 29.7 Å². The first kappa shape index (κ1) is 22.7. The van der Waals surface area contributed by atoms with Gasteiger partial charge in [-0.05, 0) is 55.8 Å². The molecule has 3 N–H and O–H groups in total. The molecule has 2 amide bonds. The minimum atomic E-state index is -0.147. The Morgan fingerprint density at radius 1 is 1.10 bits per heavy atom. The molecule has 2 aromatic rings. The van der Waals surface area contributed by atoms with Gasteiger partial charge in [0, 0.05) is 24.1 Å². The predicted molar refractivity (Wildman–Crippen MR) is 120 cm³/mol. The van der Waals surface area contributed by atoms with Crippen molar-refractivity contribution in [3.05, 3.63) is 53.1 Å². The SMILES string of the molecule is CCNC(=O)N[C@@H](C)[C@@H]1c2cc(OC)c(OC)cc2CC[NH+]1Cc1ccc(OC)cc1. The highest BCUT2D eigenvalue weighted by molar-refractivity contribution is 5.74. The number of hydrogen-bond acceptors (Lipinski definition) is 4. The molecule has 168 valence electrons. The van der Waals surface area contributed by atoms with E-state index in [9.17, 15) is 4.79 Å². The monoisotopic (exact) mass is 428 g/mol. The summed E-state index contributed by atoms with van der Waals surface area (Å²) in [6.07, 6.45) is 0.936. The van der Waals surface area contributed by atoms with E-state index in [0.29, 0.717) is 12.3 Å². The quantitative estimate of drug-likeness (QED) is 0.602. The Morgan fingerprint density at radius 3 is 2.39 bits per heavy atom. The molecule has 1 aliphatic heterocycles. The summed E-state index contributed by atoms with van der Waals surface area (Å²) in [4.78, 5) is 13.7. The van der Waals surface area contributed by atoms with Crippen LogP contribution in [-0.4, -0.2) is 46.5 Å². The van der Waals surface area contributed by atoms with E-state index in [2.05, 4.69) is 41.8 Å². The Kier molecular flexibility index (Phi) is 7.63. The van der Waals surface area contributed by atoms with E-state index < -0.39 is 0 Å². The van der Waals surface area contributed by atoms with Gasteiger partial charge in [0.25, 0.3) is 0 Å². The molecule has 1 heterocycles. The zero-order valence-corrected chi connectivity index (χ0v) is 19.1. The van der Waals surface area contributed by atoms with E-state index >= 15 is 0 Å². The van der Waals surface area contributed by atoms with E-state index in [-0.39, 0.29) is 18.1 Å². The lowest BCUT2D eigenvalue weighted by Gasteiger charge is -2.38. The topological polar surface area (TPSA) is 73.3 Å². The first-order valence-electron chi connectivity index (χ1n) is 10.8. The number of fused-ring (bicyclic) bond motifs is 1. The number of methoxy groups -OCH3 is 3. The molecule has 3 rings (SSSR count). The lowest BCUT2D eigenvalue weighted by atomic mass is 9.87. The fourth-order valence-corrected chi connectivity index (χ4v) is 4.44. The third-order valence-corrected chi connectivity index (χ3v) is 5.92. The number of benzene rings is 2. The minimum absolute atomic E-state index is 0.0723. The highest BCUT2D eigenvalue weighted by atomic mass is 16.5. The number of hydrogen-bond donors (Lipinski definition) is 3. The number of rotatable bonds is 8. The van der Waals surface area contributed by atoms with Crippen molar-refractivity contribution >= 4 is 6.03 Å². The molecule has 2 aromatic carbocycles. The average Bonchev–Trinajstić information content (AvgIpc) is 2.78. The molecule has 0 radical (unpaired) electrons. The van der Waals surface area contributed by atoms with E-state index in [0.717, 1.165) is 31.0 Å². The van der Waals surface area contributed by atoms with Crippen LogP contribution in [0.5, 0.6) is 17.2 Å². The summed E-state index contributed by atoms with van der Waals surface area (Å²) in [6.45, 7) is 6.38. The van der Waals surface area contributed by atoms with Gasteiger partial charge in [0.1, 0.15) is 18.3 Å². The highest BCUT2D eigenvalue weighted by Crippen LogP contribution is 2.35. The third kappa shape index (κ3) is 5.22. The highest BCUT2D eigenvalue weighted by Gasteiger charge is 2.37. The lowest BCUT2D eigenvalue weighted by molar-refractivity contribution is -0.948. The average molecular weight is 429 g/mol. The minimum Gasteiger partial charge on any atom is -0.497 e. The molecule has 0 fully saturated rings. The molecular weight excluding hydrogens is 394 g/mol. The number of urea groups is 1. The Labute approximate surface area is 184 Å². The lowest BCUT2D eigenvalue weighted by Crippen LogP contribution is -3.13. The van der Waals surface area contributed by atoms with Gasteiger partial charge in [-0.3, -0.25) is 0 Å². The van der Waals surface area contributed by atoms with Crippen LogP contribution in [0.25, 0.3) is 0 Å². The molecule has 0 bridgehead atoms. The Bertz CT molecular complexity index is 885. The molecule has 0 saturated heterocycles. The van der Waals surface area contributed by atoms with Gasteiger partial charge in [-0.25, -0.2) is 4.79 Å². The van der Waals surface area contributed by atoms with Crippen LogP contribution in [0.3, 0.4) is 0 Å². The normalized spacial score (nSPS) is 18.5. The first-order chi connectivity index (χ1) is 15.0. The van der Waals surface area contributed by atoms with Gasteiger partial charge in [0.15, 0.2) is 11.5 Å². The summed E-state index contributed by atoms with van der Waals surface area (Å²) in [5.74, 6) is 2.30. The van der Waals surface area contributed by atoms with Gasteiger partial charge in [-0.2, -0.15) is 0 Å². The van der Waals surface area contributed by atoms with Gasteiger partial charge in [0.05, 0.1) is 33.9 Å². The molecule has 31 heavy (non-hydrogen) atoms. The first-order valence-corrected chi connectivity index (χ1v) is 10.8. The number of carbonyl (C=O) groups is 1. The van der Waals surface area contributed by atoms with Crippen LogP contribution in [0, 0.1) is 0 Å². The number of carbonyl (C=O) groups excluding carboxylic acids is 1. The second-order valence-electron chi connectivity index (χ2n) is 7.86. The van der Waals surface area contributed by atoms with Crippen molar-refractivity contribution in [2.45, 2.75) is 38.9 Å². The van der Waals surface area contributed by atoms with E-state index in [1.165, 1.54) is 21.6 Å². The second-order valence-corrected chi connectivity index (χ2v) is 7.86. The van der Waals surface area contributed by atoms with Crippen LogP contribution >= 0.6 is 0 Å². The maximum absolute atomic E-state index is 12.3. The largest absolute Gasteiger partial charge is 0.497 e. The van der Waals surface area contributed by atoms with Crippen molar-refractivity contribution in [1.29, 1.82) is 0 Å². The fraction of sp³-hybridized carbons (Fsp3) is 0.458. The Balaban J connectivity index is 1.95. The van der Waals surface area contributed by atoms with Gasteiger partial charge in [-0.1, -0.05) is 0 Å². The smallest absolute Gasteiger partial charge is 0.315 e. The summed E-state index contributed by atoms with van der Waals surface area (Å²) in [6, 6.07) is 12.2. The molecule has 1 unspecified atom stereocenters. The zero-order chi connectivity index (χ0) is 22.4. The van der Waals surface area contributed by atoms with Crippen molar-refractivity contribution < 1.29 is 23.9 Å². The molecule has 0 aromatic heterocycles. The van der Waals surface area contributed by atoms with Gasteiger partial charge in [0.2, 0.25) is 0 Å². The van der Waals surface area contributed by atoms with E-state index in [1.807, 2.05) is 19.1 Å². The summed E-state index contributed by atoms with van der Waals surface area (Å²) in [5, 5.41) is 5.97. The predicted octanol–water partition coefficient (Wildman–Crippen LogP) is 2.10. The maximum Gasteiger partial charge on any atom is 0.315 e.